The highest BCUT2D eigenvalue weighted by Gasteiger charge is 2.24. The molecule has 98 valence electrons. The fourth-order valence-electron chi connectivity index (χ4n) is 1.69. The molecule has 19 heavy (non-hydrogen) atoms. The van der Waals surface area contributed by atoms with Gasteiger partial charge in [0.1, 0.15) is 17.3 Å². The quantitative estimate of drug-likeness (QED) is 0.808. The van der Waals surface area contributed by atoms with Crippen molar-refractivity contribution >= 4 is 27.5 Å². The normalized spacial score (nSPS) is 10.8. The van der Waals surface area contributed by atoms with E-state index in [-0.39, 0.29) is 10.7 Å². The first-order chi connectivity index (χ1) is 8.95. The predicted molar refractivity (Wildman–Crippen MR) is 70.7 cm³/mol. The molecule has 0 aliphatic rings. The van der Waals surface area contributed by atoms with Gasteiger partial charge in [0.25, 0.3) is 6.43 Å². The highest BCUT2D eigenvalue weighted by Crippen LogP contribution is 2.30. The van der Waals surface area contributed by atoms with E-state index in [4.69, 9.17) is 16.9 Å². The minimum atomic E-state index is -2.84. The SMILES string of the molecule is Cc1cc(Br)ccc1-n1nc(C(F)F)c(C#N)c1Cl. The first kappa shape index (κ1) is 14.0. The van der Waals surface area contributed by atoms with Crippen molar-refractivity contribution in [3.63, 3.8) is 0 Å². The summed E-state index contributed by atoms with van der Waals surface area (Å²) in [5, 5.41) is 12.5. The second-order valence-electron chi connectivity index (χ2n) is 3.81. The van der Waals surface area contributed by atoms with Gasteiger partial charge in [0.15, 0.2) is 5.15 Å². The average molecular weight is 347 g/mol. The third kappa shape index (κ3) is 2.48. The van der Waals surface area contributed by atoms with Gasteiger partial charge in [0.2, 0.25) is 0 Å². The van der Waals surface area contributed by atoms with E-state index in [0.717, 1.165) is 14.7 Å². The third-order valence-electron chi connectivity index (χ3n) is 2.56. The Morgan fingerprint density at radius 1 is 1.47 bits per heavy atom. The van der Waals surface area contributed by atoms with Gasteiger partial charge < -0.3 is 0 Å². The highest BCUT2D eigenvalue weighted by atomic mass is 79.9. The van der Waals surface area contributed by atoms with Crippen LogP contribution in [0, 0.1) is 18.3 Å². The van der Waals surface area contributed by atoms with E-state index in [9.17, 15) is 8.78 Å². The predicted octanol–water partition coefficient (Wildman–Crippen LogP) is 4.41. The zero-order valence-electron chi connectivity index (χ0n) is 9.66. The Balaban J connectivity index is 2.67. The number of halogens is 4. The largest absolute Gasteiger partial charge is 0.283 e. The van der Waals surface area contributed by atoms with Gasteiger partial charge in [0, 0.05) is 4.47 Å². The second-order valence-corrected chi connectivity index (χ2v) is 5.08. The molecule has 0 atom stereocenters. The lowest BCUT2D eigenvalue weighted by Gasteiger charge is -2.07. The highest BCUT2D eigenvalue weighted by molar-refractivity contribution is 9.10. The summed E-state index contributed by atoms with van der Waals surface area (Å²) in [6.07, 6.45) is -2.84. The number of alkyl halides is 2. The van der Waals surface area contributed by atoms with E-state index in [1.54, 1.807) is 31.2 Å². The topological polar surface area (TPSA) is 41.6 Å². The number of nitriles is 1. The average Bonchev–Trinajstić information content (AvgIpc) is 2.66. The van der Waals surface area contributed by atoms with E-state index in [0.29, 0.717) is 5.69 Å². The van der Waals surface area contributed by atoms with Crippen molar-refractivity contribution in [3.05, 3.63) is 44.6 Å². The van der Waals surface area contributed by atoms with Gasteiger partial charge in [-0.1, -0.05) is 27.5 Å². The smallest absolute Gasteiger partial charge is 0.220 e. The van der Waals surface area contributed by atoms with Crippen molar-refractivity contribution in [1.29, 1.82) is 5.26 Å². The van der Waals surface area contributed by atoms with Crippen LogP contribution in [0.4, 0.5) is 8.78 Å². The molecule has 1 aromatic heterocycles. The van der Waals surface area contributed by atoms with Crippen molar-refractivity contribution in [3.8, 4) is 11.8 Å². The molecule has 2 rings (SSSR count). The first-order valence-corrected chi connectivity index (χ1v) is 6.36. The first-order valence-electron chi connectivity index (χ1n) is 5.19. The molecule has 0 aliphatic carbocycles. The van der Waals surface area contributed by atoms with Crippen LogP contribution in [0.3, 0.4) is 0 Å². The molecule has 3 nitrogen and oxygen atoms in total. The molecule has 2 aromatic rings. The van der Waals surface area contributed by atoms with Crippen molar-refractivity contribution in [2.24, 2.45) is 0 Å². The summed E-state index contributed by atoms with van der Waals surface area (Å²) in [6.45, 7) is 1.80. The molecule has 0 saturated carbocycles. The molecule has 0 bridgehead atoms. The zero-order chi connectivity index (χ0) is 14.2. The number of benzene rings is 1. The molecule has 0 saturated heterocycles. The minimum Gasteiger partial charge on any atom is -0.220 e. The van der Waals surface area contributed by atoms with Gasteiger partial charge in [-0.05, 0) is 30.7 Å². The summed E-state index contributed by atoms with van der Waals surface area (Å²) in [5.41, 5.74) is 0.453. The summed E-state index contributed by atoms with van der Waals surface area (Å²) in [4.78, 5) is 0. The van der Waals surface area contributed by atoms with Gasteiger partial charge in [-0.2, -0.15) is 10.4 Å². The van der Waals surface area contributed by atoms with Crippen molar-refractivity contribution < 1.29 is 8.78 Å². The molecule has 0 spiro atoms. The molecule has 0 radical (unpaired) electrons. The van der Waals surface area contributed by atoms with E-state index in [2.05, 4.69) is 21.0 Å². The number of rotatable bonds is 2. The number of hydrogen-bond acceptors (Lipinski definition) is 2. The fourth-order valence-corrected chi connectivity index (χ4v) is 2.43. The number of aromatic nitrogens is 2. The Morgan fingerprint density at radius 2 is 2.16 bits per heavy atom. The van der Waals surface area contributed by atoms with E-state index in [1.165, 1.54) is 0 Å². The maximum Gasteiger partial charge on any atom is 0.283 e. The summed E-state index contributed by atoms with van der Waals surface area (Å²) in [6, 6.07) is 6.90. The summed E-state index contributed by atoms with van der Waals surface area (Å²) in [5.74, 6) is 0. The maximum absolute atomic E-state index is 12.8. The van der Waals surface area contributed by atoms with E-state index in [1.807, 2.05) is 0 Å². The molecule has 0 aliphatic heterocycles. The Morgan fingerprint density at radius 3 is 2.63 bits per heavy atom. The molecule has 0 N–H and O–H groups in total. The van der Waals surface area contributed by atoms with E-state index < -0.39 is 12.1 Å². The van der Waals surface area contributed by atoms with Crippen LogP contribution < -0.4 is 0 Å². The van der Waals surface area contributed by atoms with Crippen LogP contribution in [0.1, 0.15) is 23.2 Å². The van der Waals surface area contributed by atoms with Gasteiger partial charge in [-0.3, -0.25) is 0 Å². The van der Waals surface area contributed by atoms with E-state index >= 15 is 0 Å². The fraction of sp³-hybridized carbons (Fsp3) is 0.167. The number of nitrogens with zero attached hydrogens (tertiary/aromatic N) is 3. The molecule has 1 aromatic carbocycles. The standard InChI is InChI=1S/C12H7BrClF2N3/c1-6-4-7(13)2-3-9(6)19-11(14)8(5-17)10(18-19)12(15)16/h2-4,12H,1H3. The maximum atomic E-state index is 12.8. The van der Waals surface area contributed by atoms with Crippen LogP contribution in [0.15, 0.2) is 22.7 Å². The van der Waals surface area contributed by atoms with Crippen LogP contribution in [-0.4, -0.2) is 9.78 Å². The molecule has 0 fully saturated rings. The lowest BCUT2D eigenvalue weighted by Crippen LogP contribution is -2.00. The Hall–Kier alpha value is -1.45. The molecular weight excluding hydrogens is 340 g/mol. The Kier molecular flexibility index (Phi) is 3.88. The van der Waals surface area contributed by atoms with Crippen molar-refractivity contribution in [2.75, 3.05) is 0 Å². The second kappa shape index (κ2) is 5.27. The molecule has 0 amide bonds. The molecule has 1 heterocycles. The van der Waals surface area contributed by atoms with Crippen LogP contribution >= 0.6 is 27.5 Å². The van der Waals surface area contributed by atoms with Crippen molar-refractivity contribution in [1.82, 2.24) is 9.78 Å². The summed E-state index contributed by atoms with van der Waals surface area (Å²) >= 11 is 9.26. The number of aryl methyl sites for hydroxylation is 1. The molecule has 0 unspecified atom stereocenters. The van der Waals surface area contributed by atoms with Crippen LogP contribution in [0.25, 0.3) is 5.69 Å². The summed E-state index contributed by atoms with van der Waals surface area (Å²) < 4.78 is 27.6. The Labute approximate surface area is 121 Å². The van der Waals surface area contributed by atoms with Crippen LogP contribution in [-0.2, 0) is 0 Å². The zero-order valence-corrected chi connectivity index (χ0v) is 12.0. The summed E-state index contributed by atoms with van der Waals surface area (Å²) in [7, 11) is 0. The Bertz CT molecular complexity index is 676. The number of hydrogen-bond donors (Lipinski definition) is 0. The lowest BCUT2D eigenvalue weighted by molar-refractivity contribution is 0.145. The van der Waals surface area contributed by atoms with Crippen molar-refractivity contribution in [2.45, 2.75) is 13.3 Å². The lowest BCUT2D eigenvalue weighted by atomic mass is 10.2. The third-order valence-corrected chi connectivity index (χ3v) is 3.40. The van der Waals surface area contributed by atoms with Crippen LogP contribution in [0.2, 0.25) is 5.15 Å². The molecular formula is C12H7BrClF2N3. The van der Waals surface area contributed by atoms with Crippen LogP contribution in [0.5, 0.6) is 0 Å². The monoisotopic (exact) mass is 345 g/mol. The molecule has 7 heteroatoms. The van der Waals surface area contributed by atoms with Gasteiger partial charge >= 0.3 is 0 Å². The van der Waals surface area contributed by atoms with Gasteiger partial charge in [-0.15, -0.1) is 0 Å². The minimum absolute atomic E-state index is 0.108. The van der Waals surface area contributed by atoms with Gasteiger partial charge in [0.05, 0.1) is 5.69 Å². The van der Waals surface area contributed by atoms with Gasteiger partial charge in [-0.25, -0.2) is 13.5 Å².